The minimum atomic E-state index is -0.346. The Bertz CT molecular complexity index is 668. The summed E-state index contributed by atoms with van der Waals surface area (Å²) in [5.74, 6) is 1.02. The molecule has 20 heavy (non-hydrogen) atoms. The predicted octanol–water partition coefficient (Wildman–Crippen LogP) is 4.85. The largest absolute Gasteiger partial charge is 0.456 e. The molecule has 102 valence electrons. The Morgan fingerprint density at radius 2 is 1.85 bits per heavy atom. The van der Waals surface area contributed by atoms with Crippen molar-refractivity contribution in [3.63, 3.8) is 0 Å². The molecule has 2 aromatic rings. The smallest absolute Gasteiger partial charge is 0.133 e. The zero-order valence-corrected chi connectivity index (χ0v) is 12.0. The molecule has 2 aromatic carbocycles. The summed E-state index contributed by atoms with van der Waals surface area (Å²) in [6.45, 7) is 3.74. The quantitative estimate of drug-likeness (QED) is 0.757. The van der Waals surface area contributed by atoms with Crippen molar-refractivity contribution in [2.75, 3.05) is 0 Å². The Morgan fingerprint density at radius 3 is 2.40 bits per heavy atom. The zero-order chi connectivity index (χ0) is 14.7. The van der Waals surface area contributed by atoms with Gasteiger partial charge in [0.25, 0.3) is 0 Å². The molecule has 4 heteroatoms. The molecule has 0 unspecified atom stereocenters. The summed E-state index contributed by atoms with van der Waals surface area (Å²) in [5, 5.41) is 8.93. The maximum Gasteiger partial charge on any atom is 0.133 e. The number of rotatable bonds is 3. The number of ether oxygens (including phenoxy) is 1. The lowest BCUT2D eigenvalue weighted by molar-refractivity contribution is 0.468. The van der Waals surface area contributed by atoms with E-state index in [0.717, 1.165) is 11.1 Å². The summed E-state index contributed by atoms with van der Waals surface area (Å²) in [6.07, 6.45) is 0. The van der Waals surface area contributed by atoms with Crippen LogP contribution in [0.15, 0.2) is 30.3 Å². The van der Waals surface area contributed by atoms with Crippen molar-refractivity contribution in [1.82, 2.24) is 0 Å². The Labute approximate surface area is 122 Å². The lowest BCUT2D eigenvalue weighted by atomic mass is 10.1. The third-order valence-corrected chi connectivity index (χ3v) is 3.26. The number of nitriles is 1. The number of benzene rings is 2. The minimum absolute atomic E-state index is 0.168. The Morgan fingerprint density at radius 1 is 1.20 bits per heavy atom. The van der Waals surface area contributed by atoms with E-state index in [0.29, 0.717) is 22.6 Å². The van der Waals surface area contributed by atoms with Crippen LogP contribution in [0.4, 0.5) is 4.39 Å². The Balaban J connectivity index is 2.43. The van der Waals surface area contributed by atoms with Gasteiger partial charge in [-0.1, -0.05) is 0 Å². The van der Waals surface area contributed by atoms with E-state index >= 15 is 0 Å². The molecule has 0 aliphatic heterocycles. The van der Waals surface area contributed by atoms with Crippen LogP contribution in [0.3, 0.4) is 0 Å². The molecule has 2 nitrogen and oxygen atoms in total. The molecule has 0 aliphatic rings. The van der Waals surface area contributed by atoms with E-state index in [-0.39, 0.29) is 11.7 Å². The summed E-state index contributed by atoms with van der Waals surface area (Å²) < 4.78 is 19.0. The lowest BCUT2D eigenvalue weighted by Crippen LogP contribution is -1.96. The number of nitrogens with zero attached hydrogens (tertiary/aromatic N) is 1. The van der Waals surface area contributed by atoms with E-state index in [2.05, 4.69) is 6.07 Å². The maximum atomic E-state index is 13.2. The maximum absolute atomic E-state index is 13.2. The molecule has 0 radical (unpaired) electrons. The summed E-state index contributed by atoms with van der Waals surface area (Å²) in [4.78, 5) is 0. The number of hydrogen-bond acceptors (Lipinski definition) is 2. The van der Waals surface area contributed by atoms with Gasteiger partial charge in [0, 0.05) is 5.56 Å². The Kier molecular flexibility index (Phi) is 4.26. The van der Waals surface area contributed by atoms with E-state index in [1.165, 1.54) is 12.1 Å². The first-order valence-electron chi connectivity index (χ1n) is 6.08. The molecule has 0 saturated heterocycles. The first kappa shape index (κ1) is 14.4. The van der Waals surface area contributed by atoms with Crippen molar-refractivity contribution in [2.24, 2.45) is 0 Å². The fraction of sp³-hybridized carbons (Fsp3) is 0.188. The van der Waals surface area contributed by atoms with Gasteiger partial charge in [-0.05, 0) is 55.3 Å². The van der Waals surface area contributed by atoms with Gasteiger partial charge in [-0.2, -0.15) is 5.26 Å². The predicted molar refractivity (Wildman–Crippen MR) is 76.7 cm³/mol. The van der Waals surface area contributed by atoms with Crippen LogP contribution in [0, 0.1) is 31.0 Å². The second kappa shape index (κ2) is 5.94. The van der Waals surface area contributed by atoms with Crippen molar-refractivity contribution >= 4 is 11.6 Å². The molecule has 0 atom stereocenters. The topological polar surface area (TPSA) is 33.0 Å². The van der Waals surface area contributed by atoms with Crippen LogP contribution in [0.25, 0.3) is 0 Å². The van der Waals surface area contributed by atoms with Crippen LogP contribution in [0.2, 0.25) is 0 Å². The fourth-order valence-corrected chi connectivity index (χ4v) is 2.25. The van der Waals surface area contributed by atoms with E-state index in [1.807, 2.05) is 13.8 Å². The first-order valence-corrected chi connectivity index (χ1v) is 6.62. The molecule has 0 spiro atoms. The summed E-state index contributed by atoms with van der Waals surface area (Å²) in [7, 11) is 0. The van der Waals surface area contributed by atoms with Gasteiger partial charge < -0.3 is 4.74 Å². The van der Waals surface area contributed by atoms with Crippen molar-refractivity contribution in [3.05, 3.63) is 58.4 Å². The van der Waals surface area contributed by atoms with Gasteiger partial charge in [0.2, 0.25) is 0 Å². The molecule has 2 rings (SSSR count). The van der Waals surface area contributed by atoms with Gasteiger partial charge >= 0.3 is 0 Å². The van der Waals surface area contributed by atoms with E-state index in [1.54, 1.807) is 18.2 Å². The second-order valence-corrected chi connectivity index (χ2v) is 4.81. The van der Waals surface area contributed by atoms with Crippen LogP contribution in [-0.2, 0) is 5.88 Å². The highest BCUT2D eigenvalue weighted by atomic mass is 35.5. The monoisotopic (exact) mass is 289 g/mol. The first-order chi connectivity index (χ1) is 9.55. The second-order valence-electron chi connectivity index (χ2n) is 4.54. The van der Waals surface area contributed by atoms with Crippen LogP contribution in [0.5, 0.6) is 11.5 Å². The van der Waals surface area contributed by atoms with Gasteiger partial charge in [-0.15, -0.1) is 11.6 Å². The van der Waals surface area contributed by atoms with Crippen molar-refractivity contribution < 1.29 is 9.13 Å². The van der Waals surface area contributed by atoms with Crippen LogP contribution in [-0.4, -0.2) is 0 Å². The molecule has 0 heterocycles. The van der Waals surface area contributed by atoms with Crippen molar-refractivity contribution in [1.29, 1.82) is 5.26 Å². The molecule has 0 aliphatic carbocycles. The molecule has 0 amide bonds. The molecule has 0 aromatic heterocycles. The Hall–Kier alpha value is -2.05. The average molecular weight is 290 g/mol. The van der Waals surface area contributed by atoms with Gasteiger partial charge in [0.05, 0.1) is 17.5 Å². The van der Waals surface area contributed by atoms with Gasteiger partial charge in [0.15, 0.2) is 0 Å². The van der Waals surface area contributed by atoms with Crippen molar-refractivity contribution in [3.8, 4) is 17.6 Å². The molecular formula is C16H13ClFNO. The van der Waals surface area contributed by atoms with Gasteiger partial charge in [0.1, 0.15) is 17.3 Å². The number of alkyl halides is 1. The molecule has 0 fully saturated rings. The van der Waals surface area contributed by atoms with Crippen LogP contribution >= 0.6 is 11.6 Å². The number of halogens is 2. The number of hydrogen-bond donors (Lipinski definition) is 0. The summed E-state index contributed by atoms with van der Waals surface area (Å²) in [5.41, 5.74) is 2.89. The third kappa shape index (κ3) is 2.92. The van der Waals surface area contributed by atoms with Gasteiger partial charge in [-0.3, -0.25) is 0 Å². The third-order valence-electron chi connectivity index (χ3n) is 2.97. The fourth-order valence-electron chi connectivity index (χ4n) is 2.04. The normalized spacial score (nSPS) is 10.2. The summed E-state index contributed by atoms with van der Waals surface area (Å²) in [6, 6.07) is 9.87. The van der Waals surface area contributed by atoms with E-state index < -0.39 is 0 Å². The average Bonchev–Trinajstić information content (AvgIpc) is 2.43. The molecule has 0 bridgehead atoms. The van der Waals surface area contributed by atoms with Crippen LogP contribution < -0.4 is 4.74 Å². The van der Waals surface area contributed by atoms with E-state index in [4.69, 9.17) is 21.6 Å². The number of aryl methyl sites for hydroxylation is 2. The highest BCUT2D eigenvalue weighted by Crippen LogP contribution is 2.32. The highest BCUT2D eigenvalue weighted by molar-refractivity contribution is 6.17. The lowest BCUT2D eigenvalue weighted by Gasteiger charge is -2.14. The minimum Gasteiger partial charge on any atom is -0.456 e. The molecule has 0 saturated carbocycles. The summed E-state index contributed by atoms with van der Waals surface area (Å²) >= 11 is 5.81. The standard InChI is InChI=1S/C16H13ClFNO/c1-10-5-12(9-19)6-11(2)16(10)20-15-4-3-14(18)7-13(15)8-17/h3-7H,8H2,1-2H3. The zero-order valence-electron chi connectivity index (χ0n) is 11.2. The van der Waals surface area contributed by atoms with Crippen LogP contribution in [0.1, 0.15) is 22.3 Å². The van der Waals surface area contributed by atoms with Crippen molar-refractivity contribution in [2.45, 2.75) is 19.7 Å². The molecular weight excluding hydrogens is 277 g/mol. The SMILES string of the molecule is Cc1cc(C#N)cc(C)c1Oc1ccc(F)cc1CCl. The molecule has 0 N–H and O–H groups in total. The highest BCUT2D eigenvalue weighted by Gasteiger charge is 2.11. The van der Waals surface area contributed by atoms with Gasteiger partial charge in [-0.25, -0.2) is 4.39 Å². The van der Waals surface area contributed by atoms with E-state index in [9.17, 15) is 4.39 Å².